The van der Waals surface area contributed by atoms with Gasteiger partial charge in [0.15, 0.2) is 0 Å². The summed E-state index contributed by atoms with van der Waals surface area (Å²) in [5.74, 6) is 0. The minimum absolute atomic E-state index is 0.0677. The average molecular weight is 215 g/mol. The minimum atomic E-state index is -1.05. The summed E-state index contributed by atoms with van der Waals surface area (Å²) >= 11 is 0. The van der Waals surface area contributed by atoms with Gasteiger partial charge in [0.05, 0.1) is 6.17 Å². The third-order valence-electron chi connectivity index (χ3n) is 3.77. The second kappa shape index (κ2) is 4.36. The number of nitrogens with zero attached hydrogens (tertiary/aromatic N) is 1. The number of nitrogens with one attached hydrogen (secondary N) is 1. The molecule has 1 heterocycles. The highest BCUT2D eigenvalue weighted by Gasteiger charge is 2.38. The van der Waals surface area contributed by atoms with E-state index in [9.17, 15) is 4.39 Å². The zero-order valence-corrected chi connectivity index (χ0v) is 9.51. The molecule has 2 fully saturated rings. The molecular formula is C11H22FN3. The number of likely N-dealkylation sites (tertiary alicyclic amines) is 1. The summed E-state index contributed by atoms with van der Waals surface area (Å²) < 4.78 is 14.2. The van der Waals surface area contributed by atoms with E-state index in [4.69, 9.17) is 5.73 Å². The smallest absolute Gasteiger partial charge is 0.125 e. The average Bonchev–Trinajstić information content (AvgIpc) is 2.71. The van der Waals surface area contributed by atoms with Crippen LogP contribution in [-0.4, -0.2) is 42.9 Å². The molecule has 1 saturated carbocycles. The Morgan fingerprint density at radius 2 is 2.33 bits per heavy atom. The standard InChI is InChI=1S/C11H22FN3/c1-15-6-2-3-10(15)14-8-11(12)5-4-9(13)7-11/h9-10,14H,2-8,13H2,1H3. The predicted octanol–water partition coefficient (Wildman–Crippen LogP) is 0.847. The van der Waals surface area contributed by atoms with E-state index in [1.807, 2.05) is 0 Å². The van der Waals surface area contributed by atoms with E-state index in [1.165, 1.54) is 6.42 Å². The monoisotopic (exact) mass is 215 g/mol. The lowest BCUT2D eigenvalue weighted by Gasteiger charge is -2.26. The van der Waals surface area contributed by atoms with Crippen molar-refractivity contribution in [3.8, 4) is 0 Å². The summed E-state index contributed by atoms with van der Waals surface area (Å²) in [7, 11) is 2.09. The zero-order valence-electron chi connectivity index (χ0n) is 9.51. The fourth-order valence-corrected chi connectivity index (χ4v) is 2.75. The van der Waals surface area contributed by atoms with Crippen LogP contribution in [0.1, 0.15) is 32.1 Å². The summed E-state index contributed by atoms with van der Waals surface area (Å²) in [5, 5.41) is 3.33. The van der Waals surface area contributed by atoms with Gasteiger partial charge in [0, 0.05) is 12.6 Å². The molecule has 0 aromatic carbocycles. The topological polar surface area (TPSA) is 41.3 Å². The third kappa shape index (κ3) is 2.68. The number of halogens is 1. The molecule has 3 atom stereocenters. The van der Waals surface area contributed by atoms with Gasteiger partial charge in [0.2, 0.25) is 0 Å². The molecule has 0 amide bonds. The second-order valence-electron chi connectivity index (χ2n) is 5.17. The summed E-state index contributed by atoms with van der Waals surface area (Å²) in [6.07, 6.45) is 4.70. The van der Waals surface area contributed by atoms with Crippen molar-refractivity contribution in [1.82, 2.24) is 10.2 Å². The number of hydrogen-bond donors (Lipinski definition) is 2. The lowest BCUT2D eigenvalue weighted by Crippen LogP contribution is -2.45. The van der Waals surface area contributed by atoms with E-state index in [-0.39, 0.29) is 6.04 Å². The molecule has 4 heteroatoms. The van der Waals surface area contributed by atoms with Crippen LogP contribution in [0.15, 0.2) is 0 Å². The maximum absolute atomic E-state index is 14.2. The molecule has 0 aromatic heterocycles. The number of nitrogens with two attached hydrogens (primary N) is 1. The lowest BCUT2D eigenvalue weighted by molar-refractivity contribution is 0.142. The highest BCUT2D eigenvalue weighted by atomic mass is 19.1. The zero-order chi connectivity index (χ0) is 10.9. The van der Waals surface area contributed by atoms with Crippen LogP contribution in [0, 0.1) is 0 Å². The number of rotatable bonds is 3. The molecule has 3 N–H and O–H groups in total. The van der Waals surface area contributed by atoms with E-state index in [1.54, 1.807) is 0 Å². The molecule has 0 spiro atoms. The Hall–Kier alpha value is -0.190. The van der Waals surface area contributed by atoms with Crippen molar-refractivity contribution in [3.05, 3.63) is 0 Å². The van der Waals surface area contributed by atoms with Gasteiger partial charge in [-0.05, 0) is 45.7 Å². The Morgan fingerprint density at radius 1 is 1.53 bits per heavy atom. The van der Waals surface area contributed by atoms with Crippen LogP contribution in [0.4, 0.5) is 4.39 Å². The molecule has 2 aliphatic rings. The second-order valence-corrected chi connectivity index (χ2v) is 5.17. The Labute approximate surface area is 91.2 Å². The molecule has 0 aromatic rings. The SMILES string of the molecule is CN1CCCC1NCC1(F)CCC(N)C1. The molecule has 0 bridgehead atoms. The van der Waals surface area contributed by atoms with Gasteiger partial charge in [-0.1, -0.05) is 0 Å². The van der Waals surface area contributed by atoms with Crippen LogP contribution < -0.4 is 11.1 Å². The first kappa shape index (κ1) is 11.3. The van der Waals surface area contributed by atoms with Gasteiger partial charge >= 0.3 is 0 Å². The summed E-state index contributed by atoms with van der Waals surface area (Å²) in [5.41, 5.74) is 4.69. The quantitative estimate of drug-likeness (QED) is 0.733. The fourth-order valence-electron chi connectivity index (χ4n) is 2.75. The van der Waals surface area contributed by atoms with Crippen molar-refractivity contribution in [3.63, 3.8) is 0 Å². The normalized spacial score (nSPS) is 42.6. The first-order valence-corrected chi connectivity index (χ1v) is 5.97. The molecule has 1 aliphatic heterocycles. The number of alkyl halides is 1. The van der Waals surface area contributed by atoms with Gasteiger partial charge in [0.25, 0.3) is 0 Å². The van der Waals surface area contributed by atoms with Crippen molar-refractivity contribution in [2.45, 2.75) is 50.0 Å². The Kier molecular flexibility index (Phi) is 3.28. The van der Waals surface area contributed by atoms with E-state index < -0.39 is 5.67 Å². The van der Waals surface area contributed by atoms with E-state index in [2.05, 4.69) is 17.3 Å². The fraction of sp³-hybridized carbons (Fsp3) is 1.00. The highest BCUT2D eigenvalue weighted by molar-refractivity contribution is 4.94. The van der Waals surface area contributed by atoms with E-state index >= 15 is 0 Å². The molecule has 0 radical (unpaired) electrons. The Balaban J connectivity index is 1.77. The summed E-state index contributed by atoms with van der Waals surface area (Å²) in [6, 6.07) is 0.0677. The molecule has 3 nitrogen and oxygen atoms in total. The highest BCUT2D eigenvalue weighted by Crippen LogP contribution is 2.32. The van der Waals surface area contributed by atoms with Crippen LogP contribution in [0.25, 0.3) is 0 Å². The van der Waals surface area contributed by atoms with Crippen molar-refractivity contribution >= 4 is 0 Å². The molecular weight excluding hydrogens is 193 g/mol. The molecule has 15 heavy (non-hydrogen) atoms. The maximum atomic E-state index is 14.2. The summed E-state index contributed by atoms with van der Waals surface area (Å²) in [6.45, 7) is 1.59. The minimum Gasteiger partial charge on any atom is -0.328 e. The van der Waals surface area contributed by atoms with Crippen LogP contribution >= 0.6 is 0 Å². The van der Waals surface area contributed by atoms with Gasteiger partial charge in [-0.15, -0.1) is 0 Å². The molecule has 88 valence electrons. The van der Waals surface area contributed by atoms with Gasteiger partial charge in [0.1, 0.15) is 5.67 Å². The lowest BCUT2D eigenvalue weighted by atomic mass is 10.0. The van der Waals surface area contributed by atoms with Gasteiger partial charge < -0.3 is 5.73 Å². The molecule has 1 aliphatic carbocycles. The van der Waals surface area contributed by atoms with Gasteiger partial charge in [-0.2, -0.15) is 0 Å². The van der Waals surface area contributed by atoms with Gasteiger partial charge in [-0.25, -0.2) is 4.39 Å². The van der Waals surface area contributed by atoms with Crippen LogP contribution in [0.3, 0.4) is 0 Å². The Morgan fingerprint density at radius 3 is 2.87 bits per heavy atom. The molecule has 2 rings (SSSR count). The summed E-state index contributed by atoms with van der Waals surface area (Å²) in [4.78, 5) is 2.26. The first-order valence-electron chi connectivity index (χ1n) is 5.97. The van der Waals surface area contributed by atoms with Crippen LogP contribution in [0.5, 0.6) is 0 Å². The largest absolute Gasteiger partial charge is 0.328 e. The number of hydrogen-bond acceptors (Lipinski definition) is 3. The van der Waals surface area contributed by atoms with Crippen molar-refractivity contribution < 1.29 is 4.39 Å². The molecule has 1 saturated heterocycles. The van der Waals surface area contributed by atoms with Crippen molar-refractivity contribution in [2.24, 2.45) is 5.73 Å². The van der Waals surface area contributed by atoms with Crippen LogP contribution in [0.2, 0.25) is 0 Å². The van der Waals surface area contributed by atoms with Crippen molar-refractivity contribution in [2.75, 3.05) is 20.1 Å². The van der Waals surface area contributed by atoms with Crippen molar-refractivity contribution in [1.29, 1.82) is 0 Å². The first-order chi connectivity index (χ1) is 7.09. The van der Waals surface area contributed by atoms with E-state index in [0.717, 1.165) is 19.4 Å². The van der Waals surface area contributed by atoms with Crippen LogP contribution in [-0.2, 0) is 0 Å². The van der Waals surface area contributed by atoms with E-state index in [0.29, 0.717) is 25.6 Å². The van der Waals surface area contributed by atoms with Gasteiger partial charge in [-0.3, -0.25) is 10.2 Å². The Bertz CT molecular complexity index is 224. The molecule has 3 unspecified atom stereocenters. The third-order valence-corrected chi connectivity index (χ3v) is 3.77. The predicted molar refractivity (Wildman–Crippen MR) is 59.3 cm³/mol. The maximum Gasteiger partial charge on any atom is 0.125 e.